The molecule has 106 valence electrons. The number of amides is 1. The Morgan fingerprint density at radius 3 is 3.11 bits per heavy atom. The van der Waals surface area contributed by atoms with Gasteiger partial charge in [-0.15, -0.1) is 11.3 Å². The third kappa shape index (κ3) is 4.32. The summed E-state index contributed by atoms with van der Waals surface area (Å²) >= 11 is 1.54. The summed E-state index contributed by atoms with van der Waals surface area (Å²) in [6.07, 6.45) is 3.50. The molecule has 4 heteroatoms. The van der Waals surface area contributed by atoms with E-state index in [0.29, 0.717) is 6.04 Å². The van der Waals surface area contributed by atoms with Crippen molar-refractivity contribution in [1.29, 1.82) is 0 Å². The number of carbonyl (C=O) groups is 1. The lowest BCUT2D eigenvalue weighted by atomic mass is 10.0. The molecule has 1 aliphatic heterocycles. The van der Waals surface area contributed by atoms with E-state index in [1.807, 2.05) is 22.4 Å². The molecule has 1 aliphatic rings. The summed E-state index contributed by atoms with van der Waals surface area (Å²) in [6.45, 7) is 7.31. The van der Waals surface area contributed by atoms with Gasteiger partial charge >= 0.3 is 0 Å². The predicted molar refractivity (Wildman–Crippen MR) is 80.7 cm³/mol. The topological polar surface area (TPSA) is 32.3 Å². The second-order valence-corrected chi connectivity index (χ2v) is 6.65. The number of thiophene rings is 1. The number of carbonyl (C=O) groups excluding carboxylic acids is 1. The summed E-state index contributed by atoms with van der Waals surface area (Å²) in [5.74, 6) is 0.935. The van der Waals surface area contributed by atoms with Gasteiger partial charge < -0.3 is 10.2 Å². The molecule has 0 radical (unpaired) electrons. The van der Waals surface area contributed by atoms with Gasteiger partial charge in [0.05, 0.1) is 4.88 Å². The Morgan fingerprint density at radius 2 is 2.42 bits per heavy atom. The van der Waals surface area contributed by atoms with Crippen LogP contribution < -0.4 is 5.32 Å². The van der Waals surface area contributed by atoms with Crippen LogP contribution in [0.1, 0.15) is 42.8 Å². The molecule has 2 heterocycles. The summed E-state index contributed by atoms with van der Waals surface area (Å²) < 4.78 is 0. The van der Waals surface area contributed by atoms with Gasteiger partial charge in [0.15, 0.2) is 0 Å². The average molecular weight is 280 g/mol. The van der Waals surface area contributed by atoms with Crippen molar-refractivity contribution in [3.8, 4) is 0 Å². The first kappa shape index (κ1) is 14.5. The van der Waals surface area contributed by atoms with Crippen LogP contribution in [0, 0.1) is 5.92 Å². The molecule has 1 saturated heterocycles. The zero-order chi connectivity index (χ0) is 13.7. The predicted octanol–water partition coefficient (Wildman–Crippen LogP) is 2.99. The van der Waals surface area contributed by atoms with Gasteiger partial charge in [0.2, 0.25) is 0 Å². The van der Waals surface area contributed by atoms with Crippen molar-refractivity contribution in [1.82, 2.24) is 10.2 Å². The maximum atomic E-state index is 12.3. The second-order valence-electron chi connectivity index (χ2n) is 5.70. The van der Waals surface area contributed by atoms with Gasteiger partial charge in [0, 0.05) is 19.1 Å². The molecular formula is C15H24N2OS. The Labute approximate surface area is 120 Å². The van der Waals surface area contributed by atoms with Gasteiger partial charge in [-0.1, -0.05) is 19.9 Å². The smallest absolute Gasteiger partial charge is 0.263 e. The number of hydrogen-bond acceptors (Lipinski definition) is 3. The van der Waals surface area contributed by atoms with Gasteiger partial charge in [0.1, 0.15) is 0 Å². The highest BCUT2D eigenvalue weighted by atomic mass is 32.1. The van der Waals surface area contributed by atoms with Crippen molar-refractivity contribution in [2.45, 2.75) is 39.2 Å². The maximum absolute atomic E-state index is 12.3. The van der Waals surface area contributed by atoms with E-state index in [1.54, 1.807) is 0 Å². The Kier molecular flexibility index (Phi) is 5.40. The fraction of sp³-hybridized carbons (Fsp3) is 0.667. The van der Waals surface area contributed by atoms with E-state index in [0.717, 1.165) is 36.9 Å². The first-order valence-corrected chi connectivity index (χ1v) is 8.11. The van der Waals surface area contributed by atoms with Crippen LogP contribution in [-0.2, 0) is 0 Å². The highest BCUT2D eigenvalue weighted by Crippen LogP contribution is 2.17. The van der Waals surface area contributed by atoms with E-state index in [4.69, 9.17) is 0 Å². The quantitative estimate of drug-likeness (QED) is 0.899. The number of rotatable bonds is 5. The molecule has 0 spiro atoms. The molecule has 0 aromatic carbocycles. The van der Waals surface area contributed by atoms with Gasteiger partial charge in [-0.25, -0.2) is 0 Å². The normalized spacial score (nSPS) is 19.9. The lowest BCUT2D eigenvalue weighted by Crippen LogP contribution is -2.48. The van der Waals surface area contributed by atoms with Crippen molar-refractivity contribution in [2.24, 2.45) is 5.92 Å². The Bertz CT molecular complexity index is 389. The zero-order valence-corrected chi connectivity index (χ0v) is 12.7. The summed E-state index contributed by atoms with van der Waals surface area (Å²) in [5, 5.41) is 5.56. The molecule has 1 unspecified atom stereocenters. The summed E-state index contributed by atoms with van der Waals surface area (Å²) in [6, 6.07) is 4.33. The van der Waals surface area contributed by atoms with Crippen LogP contribution in [0.3, 0.4) is 0 Å². The number of likely N-dealkylation sites (tertiary alicyclic amines) is 1. The Morgan fingerprint density at radius 1 is 1.58 bits per heavy atom. The van der Waals surface area contributed by atoms with Crippen LogP contribution in [0.5, 0.6) is 0 Å². The van der Waals surface area contributed by atoms with Crippen molar-refractivity contribution in [3.63, 3.8) is 0 Å². The third-order valence-corrected chi connectivity index (χ3v) is 4.45. The Balaban J connectivity index is 1.82. The minimum Gasteiger partial charge on any atom is -0.336 e. The van der Waals surface area contributed by atoms with Crippen LogP contribution in [-0.4, -0.2) is 36.5 Å². The van der Waals surface area contributed by atoms with E-state index in [-0.39, 0.29) is 5.91 Å². The largest absolute Gasteiger partial charge is 0.336 e. The van der Waals surface area contributed by atoms with Crippen molar-refractivity contribution in [3.05, 3.63) is 22.4 Å². The number of hydrogen-bond donors (Lipinski definition) is 1. The fourth-order valence-corrected chi connectivity index (χ4v) is 3.15. The maximum Gasteiger partial charge on any atom is 0.263 e. The standard InChI is InChI=1S/C15H24N2OS/c1-12(2)7-8-16-13-5-3-9-17(11-13)15(18)14-6-4-10-19-14/h4,6,10,12-13,16H,3,5,7-9,11H2,1-2H3. The number of nitrogens with one attached hydrogen (secondary N) is 1. The molecule has 19 heavy (non-hydrogen) atoms. The molecule has 3 nitrogen and oxygen atoms in total. The lowest BCUT2D eigenvalue weighted by molar-refractivity contribution is 0.0699. The molecule has 1 N–H and O–H groups in total. The van der Waals surface area contributed by atoms with E-state index in [1.165, 1.54) is 24.2 Å². The minimum absolute atomic E-state index is 0.199. The van der Waals surface area contributed by atoms with Gasteiger partial charge in [-0.05, 0) is 43.2 Å². The van der Waals surface area contributed by atoms with Crippen molar-refractivity contribution in [2.75, 3.05) is 19.6 Å². The van der Waals surface area contributed by atoms with Crippen LogP contribution in [0.4, 0.5) is 0 Å². The average Bonchev–Trinajstić information content (AvgIpc) is 2.91. The van der Waals surface area contributed by atoms with Crippen molar-refractivity contribution < 1.29 is 4.79 Å². The molecule has 1 aromatic rings. The molecule has 2 rings (SSSR count). The fourth-order valence-electron chi connectivity index (χ4n) is 2.46. The summed E-state index contributed by atoms with van der Waals surface area (Å²) in [4.78, 5) is 15.2. The summed E-state index contributed by atoms with van der Waals surface area (Å²) in [7, 11) is 0. The highest BCUT2D eigenvalue weighted by molar-refractivity contribution is 7.12. The SMILES string of the molecule is CC(C)CCNC1CCCN(C(=O)c2cccs2)C1. The lowest BCUT2D eigenvalue weighted by Gasteiger charge is -2.33. The molecule has 0 saturated carbocycles. The van der Waals surface area contributed by atoms with Crippen LogP contribution >= 0.6 is 11.3 Å². The molecule has 1 atom stereocenters. The highest BCUT2D eigenvalue weighted by Gasteiger charge is 2.24. The Hall–Kier alpha value is -0.870. The molecule has 1 fully saturated rings. The third-order valence-electron chi connectivity index (χ3n) is 3.60. The molecular weight excluding hydrogens is 256 g/mol. The molecule has 1 amide bonds. The molecule has 1 aromatic heterocycles. The van der Waals surface area contributed by atoms with Crippen LogP contribution in [0.15, 0.2) is 17.5 Å². The first-order valence-electron chi connectivity index (χ1n) is 7.23. The van der Waals surface area contributed by atoms with Gasteiger partial charge in [-0.3, -0.25) is 4.79 Å². The molecule has 0 bridgehead atoms. The van der Waals surface area contributed by atoms with Gasteiger partial charge in [-0.2, -0.15) is 0 Å². The van der Waals surface area contributed by atoms with E-state index in [9.17, 15) is 4.79 Å². The second kappa shape index (κ2) is 7.06. The van der Waals surface area contributed by atoms with E-state index >= 15 is 0 Å². The van der Waals surface area contributed by atoms with E-state index < -0.39 is 0 Å². The minimum atomic E-state index is 0.199. The zero-order valence-electron chi connectivity index (χ0n) is 11.9. The van der Waals surface area contributed by atoms with Gasteiger partial charge in [0.25, 0.3) is 5.91 Å². The van der Waals surface area contributed by atoms with Crippen LogP contribution in [0.2, 0.25) is 0 Å². The van der Waals surface area contributed by atoms with E-state index in [2.05, 4.69) is 19.2 Å². The molecule has 0 aliphatic carbocycles. The monoisotopic (exact) mass is 280 g/mol. The number of piperidine rings is 1. The first-order chi connectivity index (χ1) is 9.16. The van der Waals surface area contributed by atoms with Crippen molar-refractivity contribution >= 4 is 17.2 Å². The number of nitrogens with zero attached hydrogens (tertiary/aromatic N) is 1. The summed E-state index contributed by atoms with van der Waals surface area (Å²) in [5.41, 5.74) is 0. The van der Waals surface area contributed by atoms with Crippen LogP contribution in [0.25, 0.3) is 0 Å².